The van der Waals surface area contributed by atoms with Gasteiger partial charge in [0.2, 0.25) is 0 Å². The lowest BCUT2D eigenvalue weighted by Crippen LogP contribution is -2.40. The molecule has 0 aliphatic carbocycles. The summed E-state index contributed by atoms with van der Waals surface area (Å²) in [5.41, 5.74) is 0. The van der Waals surface area contributed by atoms with Crippen molar-refractivity contribution in [2.24, 2.45) is 0 Å². The van der Waals surface area contributed by atoms with Gasteiger partial charge in [-0.3, -0.25) is 0 Å². The maximum atomic E-state index is 9.44. The zero-order valence-corrected chi connectivity index (χ0v) is 13.2. The van der Waals surface area contributed by atoms with Crippen molar-refractivity contribution in [3.63, 3.8) is 0 Å². The van der Waals surface area contributed by atoms with Crippen LogP contribution in [0, 0.1) is 0 Å². The Kier molecular flexibility index (Phi) is 27.4. The number of likely N-dealkylation sites (N-methyl/N-ethyl adjacent to an activating group) is 1. The molecule has 1 aliphatic rings. The number of carbonyl (C=O) groups is 1. The van der Waals surface area contributed by atoms with Crippen LogP contribution in [0.2, 0.25) is 0 Å². The summed E-state index contributed by atoms with van der Waals surface area (Å²) in [6, 6.07) is 0. The fourth-order valence-electron chi connectivity index (χ4n) is 0.777. The van der Waals surface area contributed by atoms with E-state index >= 15 is 0 Å². The van der Waals surface area contributed by atoms with E-state index in [0.717, 1.165) is 19.7 Å². The number of ether oxygens (including phenoxy) is 2. The Morgan fingerprint density at radius 3 is 1.56 bits per heavy atom. The first-order chi connectivity index (χ1) is 8.45. The predicted molar refractivity (Wildman–Crippen MR) is 77.2 cm³/mol. The highest BCUT2D eigenvalue weighted by Crippen LogP contribution is 1.83. The van der Waals surface area contributed by atoms with Crippen LogP contribution in [0.4, 0.5) is 0 Å². The molecule has 0 radical (unpaired) electrons. The molecule has 0 spiro atoms. The number of hydrogen-bond donors (Lipinski definition) is 1. The molecule has 0 aromatic carbocycles. The first-order valence-corrected chi connectivity index (χ1v) is 6.21. The van der Waals surface area contributed by atoms with Crippen LogP contribution in [0.15, 0.2) is 0 Å². The van der Waals surface area contributed by atoms with E-state index in [9.17, 15) is 4.79 Å². The molecule has 0 unspecified atom stereocenters. The van der Waals surface area contributed by atoms with E-state index in [4.69, 9.17) is 0 Å². The Balaban J connectivity index is -0.000000180. The standard InChI is InChI=1S/C5H12N2.C3H8O.C3H6O.C2H6O/c1-7-4-2-6-3-5-7;1-3-4-2;1-3(2)4;1-3-2/h6H,2-5H2,1H3;3H2,1-2H3;1-2H3;1-2H3. The van der Waals surface area contributed by atoms with Gasteiger partial charge in [-0.25, -0.2) is 0 Å². The fraction of sp³-hybridized carbons (Fsp3) is 0.923. The molecule has 0 bridgehead atoms. The van der Waals surface area contributed by atoms with E-state index in [1.165, 1.54) is 26.9 Å². The van der Waals surface area contributed by atoms with E-state index in [0.29, 0.717) is 0 Å². The molecule has 0 aromatic heterocycles. The molecule has 1 aliphatic heterocycles. The third-order valence-corrected chi connectivity index (χ3v) is 1.63. The minimum absolute atomic E-state index is 0.167. The fourth-order valence-corrected chi connectivity index (χ4v) is 0.777. The number of piperazine rings is 1. The van der Waals surface area contributed by atoms with Gasteiger partial charge in [0.1, 0.15) is 5.78 Å². The summed E-state index contributed by atoms with van der Waals surface area (Å²) in [6.07, 6.45) is 0. The highest BCUT2D eigenvalue weighted by atomic mass is 16.5. The lowest BCUT2D eigenvalue weighted by molar-refractivity contribution is -0.114. The topological polar surface area (TPSA) is 50.8 Å². The van der Waals surface area contributed by atoms with Crippen molar-refractivity contribution in [1.82, 2.24) is 10.2 Å². The molecule has 5 nitrogen and oxygen atoms in total. The normalized spacial score (nSPS) is 13.9. The summed E-state index contributed by atoms with van der Waals surface area (Å²) in [7, 11) is 7.08. The second-order valence-corrected chi connectivity index (χ2v) is 3.95. The minimum atomic E-state index is 0.167. The Morgan fingerprint density at radius 1 is 1.17 bits per heavy atom. The summed E-state index contributed by atoms with van der Waals surface area (Å²) in [5.74, 6) is 0.167. The van der Waals surface area contributed by atoms with E-state index in [1.54, 1.807) is 21.3 Å². The highest BCUT2D eigenvalue weighted by molar-refractivity contribution is 5.72. The lowest BCUT2D eigenvalue weighted by atomic mass is 10.4. The Bertz CT molecular complexity index is 143. The van der Waals surface area contributed by atoms with Crippen LogP contribution in [0.25, 0.3) is 0 Å². The maximum Gasteiger partial charge on any atom is 0.126 e. The smallest absolute Gasteiger partial charge is 0.126 e. The quantitative estimate of drug-likeness (QED) is 0.766. The second-order valence-electron chi connectivity index (χ2n) is 3.95. The van der Waals surface area contributed by atoms with E-state index in [1.807, 2.05) is 6.92 Å². The summed E-state index contributed by atoms with van der Waals surface area (Å²) >= 11 is 0. The molecule has 0 saturated carbocycles. The molecule has 0 aromatic rings. The van der Waals surface area contributed by atoms with Gasteiger partial charge < -0.3 is 24.5 Å². The highest BCUT2D eigenvalue weighted by Gasteiger charge is 2.01. The first kappa shape index (κ1) is 22.7. The number of Topliss-reactive ketones (excluding diaryl/α,β-unsaturated/α-hetero) is 1. The molecule has 1 fully saturated rings. The molecule has 0 amide bonds. The van der Waals surface area contributed by atoms with Crippen molar-refractivity contribution in [1.29, 1.82) is 0 Å². The average molecular weight is 264 g/mol. The Morgan fingerprint density at radius 2 is 1.44 bits per heavy atom. The van der Waals surface area contributed by atoms with Crippen molar-refractivity contribution >= 4 is 5.78 Å². The van der Waals surface area contributed by atoms with Crippen molar-refractivity contribution in [2.75, 3.05) is 61.2 Å². The van der Waals surface area contributed by atoms with E-state index < -0.39 is 0 Å². The van der Waals surface area contributed by atoms with Gasteiger partial charge >= 0.3 is 0 Å². The second kappa shape index (κ2) is 21.8. The number of carbonyl (C=O) groups excluding carboxylic acids is 1. The van der Waals surface area contributed by atoms with Gasteiger partial charge in [0.15, 0.2) is 0 Å². The molecule has 112 valence electrons. The van der Waals surface area contributed by atoms with Gasteiger partial charge in [-0.2, -0.15) is 0 Å². The molecule has 1 heterocycles. The Hall–Kier alpha value is -0.490. The van der Waals surface area contributed by atoms with Gasteiger partial charge in [0, 0.05) is 54.1 Å². The summed E-state index contributed by atoms with van der Waals surface area (Å²) in [4.78, 5) is 11.8. The monoisotopic (exact) mass is 264 g/mol. The average Bonchev–Trinajstić information content (AvgIpc) is 2.31. The number of nitrogens with one attached hydrogen (secondary N) is 1. The molecular formula is C13H32N2O3. The zero-order chi connectivity index (χ0) is 14.8. The molecule has 5 heteroatoms. The third kappa shape index (κ3) is 45.1. The van der Waals surface area contributed by atoms with Crippen LogP contribution in [-0.2, 0) is 14.3 Å². The number of ketones is 1. The molecule has 1 rings (SSSR count). The van der Waals surface area contributed by atoms with Crippen LogP contribution in [-0.4, -0.2) is 71.8 Å². The molecular weight excluding hydrogens is 232 g/mol. The maximum absolute atomic E-state index is 9.44. The minimum Gasteiger partial charge on any atom is -0.388 e. The van der Waals surface area contributed by atoms with Crippen molar-refractivity contribution in [3.05, 3.63) is 0 Å². The van der Waals surface area contributed by atoms with E-state index in [-0.39, 0.29) is 5.78 Å². The summed E-state index contributed by atoms with van der Waals surface area (Å²) < 4.78 is 8.79. The number of methoxy groups -OCH3 is 2. The Labute approximate surface area is 113 Å². The van der Waals surface area contributed by atoms with Crippen molar-refractivity contribution in [3.8, 4) is 0 Å². The molecule has 1 saturated heterocycles. The van der Waals surface area contributed by atoms with Gasteiger partial charge in [0.05, 0.1) is 0 Å². The van der Waals surface area contributed by atoms with Gasteiger partial charge in [0.25, 0.3) is 0 Å². The first-order valence-electron chi connectivity index (χ1n) is 6.21. The van der Waals surface area contributed by atoms with Crippen LogP contribution in [0.5, 0.6) is 0 Å². The lowest BCUT2D eigenvalue weighted by Gasteiger charge is -2.21. The third-order valence-electron chi connectivity index (χ3n) is 1.63. The van der Waals surface area contributed by atoms with Crippen LogP contribution in [0.1, 0.15) is 20.8 Å². The van der Waals surface area contributed by atoms with Crippen molar-refractivity contribution < 1.29 is 14.3 Å². The van der Waals surface area contributed by atoms with Crippen LogP contribution >= 0.6 is 0 Å². The molecule has 18 heavy (non-hydrogen) atoms. The van der Waals surface area contributed by atoms with Crippen LogP contribution in [0.3, 0.4) is 0 Å². The zero-order valence-electron chi connectivity index (χ0n) is 13.2. The van der Waals surface area contributed by atoms with Gasteiger partial charge in [-0.1, -0.05) is 0 Å². The summed E-state index contributed by atoms with van der Waals surface area (Å²) in [6.45, 7) is 10.6. The van der Waals surface area contributed by atoms with Crippen LogP contribution < -0.4 is 5.32 Å². The summed E-state index contributed by atoms with van der Waals surface area (Å²) in [5, 5.41) is 3.27. The number of hydrogen-bond acceptors (Lipinski definition) is 5. The van der Waals surface area contributed by atoms with E-state index in [2.05, 4.69) is 26.7 Å². The number of rotatable bonds is 1. The van der Waals surface area contributed by atoms with Gasteiger partial charge in [-0.05, 0) is 27.8 Å². The SMILES string of the molecule is CC(C)=O.CCOC.CN1CCNCC1.COC. The van der Waals surface area contributed by atoms with Crippen molar-refractivity contribution in [2.45, 2.75) is 20.8 Å². The largest absolute Gasteiger partial charge is 0.388 e. The van der Waals surface area contributed by atoms with Gasteiger partial charge in [-0.15, -0.1) is 0 Å². The molecule has 0 atom stereocenters. The molecule has 1 N–H and O–H groups in total. The predicted octanol–water partition coefficient (Wildman–Crippen LogP) is 1.03. The number of nitrogens with zero attached hydrogens (tertiary/aromatic N) is 1.